The van der Waals surface area contributed by atoms with Crippen LogP contribution in [-0.2, 0) is 15.3 Å². The lowest BCUT2D eigenvalue weighted by Gasteiger charge is -2.23. The summed E-state index contributed by atoms with van der Waals surface area (Å²) >= 11 is 2.51. The lowest BCUT2D eigenvalue weighted by Crippen LogP contribution is -2.29. The normalized spacial score (nSPS) is 15.9. The number of carbonyl (C=O) groups is 2. The van der Waals surface area contributed by atoms with E-state index in [-0.39, 0.29) is 22.3 Å². The fraction of sp³-hybridized carbons (Fsp3) is 0.250. The molecule has 1 atom stereocenters. The van der Waals surface area contributed by atoms with Crippen molar-refractivity contribution in [3.63, 3.8) is 0 Å². The molecule has 44 heavy (non-hydrogen) atoms. The fourth-order valence-electron chi connectivity index (χ4n) is 4.65. The highest BCUT2D eigenvalue weighted by molar-refractivity contribution is 8.00. The van der Waals surface area contributed by atoms with Crippen molar-refractivity contribution in [1.29, 1.82) is 0 Å². The number of amides is 1. The molecule has 4 aromatic rings. The van der Waals surface area contributed by atoms with Crippen LogP contribution in [0.1, 0.15) is 42.5 Å². The molecule has 0 unspecified atom stereocenters. The molecular formula is C32H30FN3O6S2. The first-order chi connectivity index (χ1) is 21.3. The van der Waals surface area contributed by atoms with Crippen molar-refractivity contribution < 1.29 is 33.3 Å². The molecule has 1 amide bonds. The van der Waals surface area contributed by atoms with Gasteiger partial charge in [0, 0.05) is 11.3 Å². The van der Waals surface area contributed by atoms with Crippen LogP contribution < -0.4 is 19.1 Å². The lowest BCUT2D eigenvalue weighted by molar-refractivity contribution is -0.132. The Hall–Kier alpha value is -4.42. The second-order valence-electron chi connectivity index (χ2n) is 9.78. The number of aliphatic hydroxyl groups excluding tert-OH is 1. The zero-order valence-electron chi connectivity index (χ0n) is 24.3. The Bertz CT molecular complexity index is 1670. The Morgan fingerprint density at radius 3 is 2.41 bits per heavy atom. The number of carbonyl (C=O) groups excluding carboxylic acids is 2. The van der Waals surface area contributed by atoms with Crippen LogP contribution in [0.4, 0.5) is 9.52 Å². The van der Waals surface area contributed by atoms with Crippen molar-refractivity contribution in [3.8, 4) is 17.2 Å². The average Bonchev–Trinajstić information content (AvgIpc) is 3.62. The highest BCUT2D eigenvalue weighted by atomic mass is 32.2. The van der Waals surface area contributed by atoms with E-state index in [0.29, 0.717) is 45.1 Å². The predicted octanol–water partition coefficient (Wildman–Crippen LogP) is 6.79. The second kappa shape index (κ2) is 13.9. The summed E-state index contributed by atoms with van der Waals surface area (Å²) in [6.07, 6.45) is 1.91. The minimum Gasteiger partial charge on any atom is -0.507 e. The monoisotopic (exact) mass is 635 g/mol. The number of aromatic nitrogens is 2. The maximum atomic E-state index is 13.6. The van der Waals surface area contributed by atoms with Gasteiger partial charge in [0.2, 0.25) is 5.13 Å². The highest BCUT2D eigenvalue weighted by Crippen LogP contribution is 2.45. The van der Waals surface area contributed by atoms with Gasteiger partial charge in [0.15, 0.2) is 15.8 Å². The van der Waals surface area contributed by atoms with Gasteiger partial charge in [-0.05, 0) is 66.1 Å². The van der Waals surface area contributed by atoms with Crippen LogP contribution in [0.3, 0.4) is 0 Å². The number of benzene rings is 3. The molecule has 1 aromatic heterocycles. The van der Waals surface area contributed by atoms with Crippen molar-refractivity contribution in [2.24, 2.45) is 0 Å². The van der Waals surface area contributed by atoms with Crippen LogP contribution in [0.5, 0.6) is 17.2 Å². The summed E-state index contributed by atoms with van der Waals surface area (Å²) in [7, 11) is 2.99. The van der Waals surface area contributed by atoms with E-state index >= 15 is 0 Å². The van der Waals surface area contributed by atoms with E-state index in [1.807, 2.05) is 0 Å². The minimum atomic E-state index is -1.03. The molecular weight excluding hydrogens is 605 g/mol. The molecule has 12 heteroatoms. The molecule has 0 spiro atoms. The number of aliphatic hydroxyl groups is 1. The maximum absolute atomic E-state index is 13.6. The third-order valence-corrected chi connectivity index (χ3v) is 9.07. The van der Waals surface area contributed by atoms with E-state index in [2.05, 4.69) is 17.1 Å². The fourth-order valence-corrected chi connectivity index (χ4v) is 6.47. The summed E-state index contributed by atoms with van der Waals surface area (Å²) in [6.45, 7) is 2.64. The van der Waals surface area contributed by atoms with Gasteiger partial charge in [-0.15, -0.1) is 10.2 Å². The third-order valence-electron chi connectivity index (χ3n) is 6.94. The van der Waals surface area contributed by atoms with E-state index in [1.54, 1.807) is 54.6 Å². The molecule has 1 saturated heterocycles. The van der Waals surface area contributed by atoms with Gasteiger partial charge in [-0.25, -0.2) is 4.39 Å². The van der Waals surface area contributed by atoms with Crippen molar-refractivity contribution in [1.82, 2.24) is 10.2 Å². The number of ether oxygens (including phenoxy) is 3. The minimum absolute atomic E-state index is 0.0995. The first kappa shape index (κ1) is 31.0. The van der Waals surface area contributed by atoms with Gasteiger partial charge in [0.25, 0.3) is 5.78 Å². The topological polar surface area (TPSA) is 111 Å². The van der Waals surface area contributed by atoms with Gasteiger partial charge in [-0.2, -0.15) is 0 Å². The van der Waals surface area contributed by atoms with E-state index < -0.39 is 17.7 Å². The van der Waals surface area contributed by atoms with Crippen LogP contribution in [0.2, 0.25) is 0 Å². The van der Waals surface area contributed by atoms with Gasteiger partial charge in [-0.3, -0.25) is 14.5 Å². The molecule has 1 aliphatic heterocycles. The summed E-state index contributed by atoms with van der Waals surface area (Å²) in [4.78, 5) is 28.4. The summed E-state index contributed by atoms with van der Waals surface area (Å²) in [5, 5.41) is 20.1. The molecule has 9 nitrogen and oxygen atoms in total. The molecule has 5 rings (SSSR count). The first-order valence-corrected chi connectivity index (χ1v) is 15.6. The van der Waals surface area contributed by atoms with Crippen molar-refractivity contribution in [3.05, 3.63) is 94.8 Å². The summed E-state index contributed by atoms with van der Waals surface area (Å²) < 4.78 is 30.5. The van der Waals surface area contributed by atoms with Gasteiger partial charge in [-0.1, -0.05) is 54.6 Å². The maximum Gasteiger partial charge on any atom is 0.301 e. The van der Waals surface area contributed by atoms with E-state index in [4.69, 9.17) is 14.2 Å². The molecule has 0 radical (unpaired) electrons. The number of Topliss-reactive ketones (excluding diaryl/α,β-unsaturated/α-hetero) is 1. The molecule has 0 aliphatic carbocycles. The Kier molecular flexibility index (Phi) is 9.81. The van der Waals surface area contributed by atoms with Gasteiger partial charge >= 0.3 is 5.91 Å². The number of methoxy groups -OCH3 is 2. The second-order valence-corrected chi connectivity index (χ2v) is 12.0. The first-order valence-electron chi connectivity index (χ1n) is 13.8. The summed E-state index contributed by atoms with van der Waals surface area (Å²) in [5.74, 6) is -0.380. The molecule has 228 valence electrons. The van der Waals surface area contributed by atoms with Gasteiger partial charge in [0.05, 0.1) is 32.4 Å². The number of ketones is 1. The number of rotatable bonds is 12. The summed E-state index contributed by atoms with van der Waals surface area (Å²) in [5.41, 5.74) is 1.64. The number of hydrogen-bond acceptors (Lipinski definition) is 10. The number of thioether (sulfide) groups is 1. The Morgan fingerprint density at radius 2 is 1.73 bits per heavy atom. The third kappa shape index (κ3) is 6.56. The Balaban J connectivity index is 1.53. The molecule has 1 N–H and O–H groups in total. The van der Waals surface area contributed by atoms with Crippen molar-refractivity contribution >= 4 is 45.7 Å². The molecule has 1 fully saturated rings. The molecule has 2 heterocycles. The lowest BCUT2D eigenvalue weighted by atomic mass is 9.95. The zero-order chi connectivity index (χ0) is 31.2. The van der Waals surface area contributed by atoms with E-state index in [9.17, 15) is 19.1 Å². The van der Waals surface area contributed by atoms with Crippen LogP contribution in [0, 0.1) is 5.82 Å². The van der Waals surface area contributed by atoms with Crippen molar-refractivity contribution in [2.45, 2.75) is 35.9 Å². The number of halogens is 1. The number of hydrogen-bond donors (Lipinski definition) is 1. The van der Waals surface area contributed by atoms with Crippen LogP contribution in [-0.4, -0.2) is 47.8 Å². The standard InChI is InChI=1S/C32H30FN3O6S2/c1-4-5-16-42-23-13-8-20(9-14-23)28(37)26-27(21-10-15-24(40-2)25(17-21)41-3)36(30(39)29(26)38)31-34-35-32(44-31)43-18-19-6-11-22(33)12-7-19/h6-15,17,27,37H,4-5,16,18H2,1-3H3/t27-/m0/s1. The van der Waals surface area contributed by atoms with Crippen LogP contribution >= 0.6 is 23.1 Å². The molecule has 0 saturated carbocycles. The number of nitrogens with zero attached hydrogens (tertiary/aromatic N) is 3. The van der Waals surface area contributed by atoms with Crippen LogP contribution in [0.15, 0.2) is 76.6 Å². The van der Waals surface area contributed by atoms with Crippen LogP contribution in [0.25, 0.3) is 5.76 Å². The predicted molar refractivity (Wildman–Crippen MR) is 167 cm³/mol. The van der Waals surface area contributed by atoms with E-state index in [0.717, 1.165) is 29.7 Å². The van der Waals surface area contributed by atoms with Gasteiger partial charge in [0.1, 0.15) is 17.3 Å². The average molecular weight is 636 g/mol. The quantitative estimate of drug-likeness (QED) is 0.0449. The molecule has 3 aromatic carbocycles. The smallest absolute Gasteiger partial charge is 0.301 e. The largest absolute Gasteiger partial charge is 0.507 e. The van der Waals surface area contributed by atoms with E-state index in [1.165, 1.54) is 43.0 Å². The zero-order valence-corrected chi connectivity index (χ0v) is 25.9. The Morgan fingerprint density at radius 1 is 1.00 bits per heavy atom. The Labute approximate surface area is 262 Å². The molecule has 0 bridgehead atoms. The number of unbranched alkanes of at least 4 members (excludes halogenated alkanes) is 1. The van der Waals surface area contributed by atoms with Gasteiger partial charge < -0.3 is 19.3 Å². The SMILES string of the molecule is CCCCOc1ccc(C(O)=C2C(=O)C(=O)N(c3nnc(SCc4ccc(F)cc4)s3)[C@H]2c2ccc(OC)c(OC)c2)cc1. The number of anilines is 1. The molecule has 1 aliphatic rings. The highest BCUT2D eigenvalue weighted by Gasteiger charge is 2.48. The van der Waals surface area contributed by atoms with Crippen molar-refractivity contribution in [2.75, 3.05) is 25.7 Å². The summed E-state index contributed by atoms with van der Waals surface area (Å²) in [6, 6.07) is 16.8.